The Labute approximate surface area is 200 Å². The van der Waals surface area contributed by atoms with Crippen LogP contribution in [0.3, 0.4) is 0 Å². The molecule has 1 aliphatic heterocycles. The summed E-state index contributed by atoms with van der Waals surface area (Å²) in [7, 11) is 1.80. The SMILES string of the molecule is CC.CC1CCOC1.Cc1nccc(-c2cc3cnc(NC(=O)c4cnn(C)c4C)cc3[nH]2)n1. The monoisotopic (exact) mass is 463 g/mol. The molecule has 0 saturated carbocycles. The number of ether oxygens (including phenoxy) is 1. The van der Waals surface area contributed by atoms with E-state index in [0.717, 1.165) is 47.1 Å². The number of hydrogen-bond donors (Lipinski definition) is 2. The van der Waals surface area contributed by atoms with Crippen molar-refractivity contribution in [1.29, 1.82) is 0 Å². The first kappa shape index (κ1) is 25.0. The van der Waals surface area contributed by atoms with E-state index in [-0.39, 0.29) is 5.91 Å². The quantitative estimate of drug-likeness (QED) is 0.456. The number of aryl methyl sites for hydroxylation is 2. The van der Waals surface area contributed by atoms with Crippen molar-refractivity contribution in [2.75, 3.05) is 18.5 Å². The van der Waals surface area contributed by atoms with Gasteiger partial charge in [-0.05, 0) is 38.3 Å². The number of aromatic nitrogens is 6. The number of carbonyl (C=O) groups excluding carboxylic acids is 1. The highest BCUT2D eigenvalue weighted by atomic mass is 16.5. The van der Waals surface area contributed by atoms with Crippen molar-refractivity contribution in [1.82, 2.24) is 29.7 Å². The van der Waals surface area contributed by atoms with Crippen LogP contribution in [0.15, 0.2) is 36.8 Å². The van der Waals surface area contributed by atoms with Gasteiger partial charge in [-0.25, -0.2) is 15.0 Å². The lowest BCUT2D eigenvalue weighted by atomic mass is 10.2. The third-order valence-electron chi connectivity index (χ3n) is 5.43. The summed E-state index contributed by atoms with van der Waals surface area (Å²) >= 11 is 0. The normalized spacial score (nSPS) is 14.7. The molecule has 0 spiro atoms. The van der Waals surface area contributed by atoms with Crippen LogP contribution in [0.2, 0.25) is 0 Å². The van der Waals surface area contributed by atoms with E-state index >= 15 is 0 Å². The molecule has 2 N–H and O–H groups in total. The molecule has 1 amide bonds. The third-order valence-corrected chi connectivity index (χ3v) is 5.43. The zero-order chi connectivity index (χ0) is 24.7. The Hall–Kier alpha value is -3.59. The lowest BCUT2D eigenvalue weighted by molar-refractivity contribution is 0.102. The molecule has 9 heteroatoms. The molecule has 180 valence electrons. The van der Waals surface area contributed by atoms with E-state index in [1.54, 1.807) is 36.4 Å². The fraction of sp³-hybridized carbons (Fsp3) is 0.400. The highest BCUT2D eigenvalue weighted by Gasteiger charge is 2.14. The summed E-state index contributed by atoms with van der Waals surface area (Å²) in [6.07, 6.45) is 6.26. The summed E-state index contributed by atoms with van der Waals surface area (Å²) in [6.45, 7) is 11.9. The van der Waals surface area contributed by atoms with Crippen molar-refractivity contribution < 1.29 is 9.53 Å². The molecule has 4 aromatic heterocycles. The van der Waals surface area contributed by atoms with E-state index < -0.39 is 0 Å². The molecule has 1 unspecified atom stereocenters. The van der Waals surface area contributed by atoms with E-state index in [1.165, 1.54) is 6.42 Å². The number of anilines is 1. The first-order valence-electron chi connectivity index (χ1n) is 11.6. The summed E-state index contributed by atoms with van der Waals surface area (Å²) in [5.74, 6) is 1.77. The zero-order valence-electron chi connectivity index (χ0n) is 20.7. The standard InChI is InChI=1S/C18H17N7O.C5H10O.C2H6/c1-10-13(9-21-25(10)3)18(26)24-17-7-15-12(8-20-17)6-16(23-15)14-4-5-19-11(2)22-14;1-5-2-3-6-4-5;1-2/h4-9,23H,1-3H3,(H,20,24,26);5H,2-4H2,1H3;1-2H3. The van der Waals surface area contributed by atoms with Gasteiger partial charge >= 0.3 is 0 Å². The number of aromatic amines is 1. The van der Waals surface area contributed by atoms with Crippen molar-refractivity contribution in [3.63, 3.8) is 0 Å². The molecule has 1 aliphatic rings. The fourth-order valence-corrected chi connectivity index (χ4v) is 3.40. The number of H-pyrrole nitrogens is 1. The van der Waals surface area contributed by atoms with Gasteiger partial charge in [-0.3, -0.25) is 9.48 Å². The predicted octanol–water partition coefficient (Wildman–Crippen LogP) is 4.69. The molecule has 9 nitrogen and oxygen atoms in total. The largest absolute Gasteiger partial charge is 0.381 e. The smallest absolute Gasteiger partial charge is 0.260 e. The van der Waals surface area contributed by atoms with Gasteiger partial charge in [0, 0.05) is 49.8 Å². The Kier molecular flexibility index (Phi) is 8.48. The first-order chi connectivity index (χ1) is 16.4. The number of hydrogen-bond acceptors (Lipinski definition) is 6. The number of fused-ring (bicyclic) bond motifs is 1. The molecule has 34 heavy (non-hydrogen) atoms. The van der Waals surface area contributed by atoms with E-state index in [9.17, 15) is 4.79 Å². The van der Waals surface area contributed by atoms with Crippen molar-refractivity contribution >= 4 is 22.6 Å². The number of rotatable bonds is 3. The van der Waals surface area contributed by atoms with Crippen molar-refractivity contribution in [3.8, 4) is 11.4 Å². The van der Waals surface area contributed by atoms with Crippen LogP contribution in [0.4, 0.5) is 5.82 Å². The Bertz CT molecular complexity index is 1240. The van der Waals surface area contributed by atoms with E-state index in [0.29, 0.717) is 17.2 Å². The van der Waals surface area contributed by atoms with Gasteiger partial charge in [0.05, 0.1) is 28.7 Å². The Balaban J connectivity index is 0.000000348. The van der Waals surface area contributed by atoms with Crippen LogP contribution in [0.25, 0.3) is 22.3 Å². The van der Waals surface area contributed by atoms with Crippen molar-refractivity contribution in [2.45, 2.75) is 41.0 Å². The average Bonchev–Trinajstić information content (AvgIpc) is 3.56. The van der Waals surface area contributed by atoms with Gasteiger partial charge in [-0.15, -0.1) is 0 Å². The van der Waals surface area contributed by atoms with Gasteiger partial charge in [0.25, 0.3) is 5.91 Å². The molecule has 1 saturated heterocycles. The Morgan fingerprint density at radius 3 is 2.59 bits per heavy atom. The van der Waals surface area contributed by atoms with Gasteiger partial charge in [-0.1, -0.05) is 20.8 Å². The second-order valence-corrected chi connectivity index (χ2v) is 8.02. The van der Waals surface area contributed by atoms with Gasteiger partial charge in [0.15, 0.2) is 0 Å². The minimum atomic E-state index is -0.236. The van der Waals surface area contributed by atoms with Crippen molar-refractivity contribution in [3.05, 3.63) is 53.9 Å². The van der Waals surface area contributed by atoms with E-state index in [4.69, 9.17) is 4.74 Å². The lowest BCUT2D eigenvalue weighted by Gasteiger charge is -2.04. The molecule has 0 radical (unpaired) electrons. The van der Waals surface area contributed by atoms with Crippen LogP contribution in [-0.2, 0) is 11.8 Å². The maximum Gasteiger partial charge on any atom is 0.260 e. The van der Waals surface area contributed by atoms with Crippen LogP contribution in [0.1, 0.15) is 49.1 Å². The lowest BCUT2D eigenvalue weighted by Crippen LogP contribution is -2.13. The highest BCUT2D eigenvalue weighted by Crippen LogP contribution is 2.24. The fourth-order valence-electron chi connectivity index (χ4n) is 3.40. The number of amides is 1. The molecule has 1 fully saturated rings. The maximum absolute atomic E-state index is 12.4. The molecule has 4 aromatic rings. The Morgan fingerprint density at radius 1 is 1.21 bits per heavy atom. The molecule has 1 atom stereocenters. The summed E-state index contributed by atoms with van der Waals surface area (Å²) in [5, 5.41) is 7.84. The van der Waals surface area contributed by atoms with Crippen LogP contribution in [0, 0.1) is 19.8 Å². The number of nitrogens with zero attached hydrogens (tertiary/aromatic N) is 5. The third kappa shape index (κ3) is 6.05. The predicted molar refractivity (Wildman–Crippen MR) is 134 cm³/mol. The first-order valence-corrected chi connectivity index (χ1v) is 11.6. The molecule has 5 rings (SSSR count). The molecular weight excluding hydrogens is 430 g/mol. The topological polar surface area (TPSA) is 111 Å². The molecule has 0 aromatic carbocycles. The van der Waals surface area contributed by atoms with Crippen LogP contribution in [-0.4, -0.2) is 48.8 Å². The highest BCUT2D eigenvalue weighted by molar-refractivity contribution is 6.05. The van der Waals surface area contributed by atoms with E-state index in [1.807, 2.05) is 39.8 Å². The number of pyridine rings is 1. The van der Waals surface area contributed by atoms with Crippen LogP contribution >= 0.6 is 0 Å². The minimum absolute atomic E-state index is 0.236. The minimum Gasteiger partial charge on any atom is -0.381 e. The molecule has 0 bridgehead atoms. The van der Waals surface area contributed by atoms with Gasteiger partial charge in [0.2, 0.25) is 0 Å². The maximum atomic E-state index is 12.4. The Morgan fingerprint density at radius 2 is 2.00 bits per heavy atom. The zero-order valence-corrected chi connectivity index (χ0v) is 20.7. The summed E-state index contributed by atoms with van der Waals surface area (Å²) in [4.78, 5) is 28.6. The second kappa shape index (κ2) is 11.5. The number of carbonyl (C=O) groups is 1. The average molecular weight is 464 g/mol. The summed E-state index contributed by atoms with van der Waals surface area (Å²) < 4.78 is 6.72. The second-order valence-electron chi connectivity index (χ2n) is 8.02. The number of nitrogens with one attached hydrogen (secondary N) is 2. The van der Waals surface area contributed by atoms with Gasteiger partial charge in [0.1, 0.15) is 11.6 Å². The molecular formula is C25H33N7O2. The van der Waals surface area contributed by atoms with Crippen LogP contribution < -0.4 is 5.32 Å². The summed E-state index contributed by atoms with van der Waals surface area (Å²) in [6, 6.07) is 5.62. The van der Waals surface area contributed by atoms with E-state index in [2.05, 4.69) is 37.3 Å². The van der Waals surface area contributed by atoms with Gasteiger partial charge in [-0.2, -0.15) is 5.10 Å². The van der Waals surface area contributed by atoms with Crippen molar-refractivity contribution in [2.24, 2.45) is 13.0 Å². The molecule has 0 aliphatic carbocycles. The molecule has 5 heterocycles. The van der Waals surface area contributed by atoms with Gasteiger partial charge < -0.3 is 15.0 Å². The van der Waals surface area contributed by atoms with Crippen LogP contribution in [0.5, 0.6) is 0 Å². The summed E-state index contributed by atoms with van der Waals surface area (Å²) in [5.41, 5.74) is 3.87.